The Morgan fingerprint density at radius 1 is 1.19 bits per heavy atom. The van der Waals surface area contributed by atoms with Gasteiger partial charge in [-0.15, -0.1) is 0 Å². The number of aromatic nitrogens is 1. The molecule has 0 aliphatic rings. The first-order chi connectivity index (χ1) is 12.6. The zero-order chi connectivity index (χ0) is 18.4. The van der Waals surface area contributed by atoms with Crippen molar-refractivity contribution < 1.29 is 18.9 Å². The number of hydrogen-bond acceptors (Lipinski definition) is 7. The van der Waals surface area contributed by atoms with Gasteiger partial charge >= 0.3 is 5.97 Å². The van der Waals surface area contributed by atoms with Gasteiger partial charge in [0, 0.05) is 12.1 Å². The molecule has 0 spiro atoms. The van der Waals surface area contributed by atoms with E-state index in [2.05, 4.69) is 16.8 Å². The van der Waals surface area contributed by atoms with Crippen LogP contribution in [0.4, 0.5) is 5.69 Å². The summed E-state index contributed by atoms with van der Waals surface area (Å²) in [6.45, 7) is -0.0655. The largest absolute Gasteiger partial charge is 0.449 e. The number of esters is 1. The number of carbonyl (C=O) groups is 1. The van der Waals surface area contributed by atoms with Crippen molar-refractivity contribution in [2.45, 2.75) is 5.22 Å². The minimum Gasteiger partial charge on any atom is -0.449 e. The molecule has 2 aromatic carbocycles. The maximum atomic E-state index is 11.8. The van der Waals surface area contributed by atoms with E-state index in [0.717, 1.165) is 11.1 Å². The van der Waals surface area contributed by atoms with Crippen LogP contribution >= 0.6 is 11.8 Å². The fourth-order valence-corrected chi connectivity index (χ4v) is 2.63. The van der Waals surface area contributed by atoms with Crippen LogP contribution in [-0.4, -0.2) is 28.2 Å². The smallest absolute Gasteiger partial charge is 0.339 e. The molecule has 0 bridgehead atoms. The number of benzene rings is 2. The highest BCUT2D eigenvalue weighted by Crippen LogP contribution is 2.22. The number of rotatable bonds is 5. The van der Waals surface area contributed by atoms with E-state index in [9.17, 15) is 14.9 Å². The van der Waals surface area contributed by atoms with Crippen LogP contribution in [0.5, 0.6) is 0 Å². The van der Waals surface area contributed by atoms with E-state index >= 15 is 0 Å². The highest BCUT2D eigenvalue weighted by atomic mass is 32.2. The van der Waals surface area contributed by atoms with Crippen LogP contribution in [0.3, 0.4) is 0 Å². The first kappa shape index (κ1) is 17.5. The Kier molecular flexibility index (Phi) is 5.51. The van der Waals surface area contributed by atoms with Gasteiger partial charge in [0.05, 0.1) is 16.2 Å². The lowest BCUT2D eigenvalue weighted by atomic mass is 10.2. The van der Waals surface area contributed by atoms with Crippen LogP contribution < -0.4 is 0 Å². The second-order valence-corrected chi connectivity index (χ2v) is 5.90. The van der Waals surface area contributed by atoms with Gasteiger partial charge in [-0.2, -0.15) is 0 Å². The van der Waals surface area contributed by atoms with Gasteiger partial charge in [0.1, 0.15) is 5.52 Å². The van der Waals surface area contributed by atoms with Crippen LogP contribution in [0.1, 0.15) is 10.4 Å². The van der Waals surface area contributed by atoms with Gasteiger partial charge in [0.2, 0.25) is 0 Å². The molecule has 0 atom stereocenters. The van der Waals surface area contributed by atoms with Crippen molar-refractivity contribution in [3.63, 3.8) is 0 Å². The summed E-state index contributed by atoms with van der Waals surface area (Å²) in [5.74, 6) is 5.45. The van der Waals surface area contributed by atoms with E-state index in [1.54, 1.807) is 0 Å². The molecule has 0 amide bonds. The van der Waals surface area contributed by atoms with E-state index in [0.29, 0.717) is 11.0 Å². The van der Waals surface area contributed by atoms with Gasteiger partial charge in [0.15, 0.2) is 12.2 Å². The van der Waals surface area contributed by atoms with Crippen LogP contribution in [0.2, 0.25) is 0 Å². The molecule has 3 aromatic rings. The number of nitrogens with zero attached hydrogens (tertiary/aromatic N) is 2. The third-order valence-corrected chi connectivity index (χ3v) is 3.97. The molecule has 3 rings (SSSR count). The lowest BCUT2D eigenvalue weighted by molar-refractivity contribution is -0.384. The average molecular weight is 368 g/mol. The van der Waals surface area contributed by atoms with E-state index in [1.807, 2.05) is 24.3 Å². The third kappa shape index (κ3) is 4.40. The standard InChI is InChI=1S/C18H12N2O5S/c21-17(13-7-9-14(10-8-13)20(22)23)24-11-3-4-12-26-18-19-15-5-1-2-6-16(15)25-18/h1-2,5-10H,11-12H2. The molecule has 8 heteroatoms. The van der Waals surface area contributed by atoms with Gasteiger partial charge in [-0.25, -0.2) is 9.78 Å². The number of thioether (sulfide) groups is 1. The Morgan fingerprint density at radius 3 is 2.69 bits per heavy atom. The van der Waals surface area contributed by atoms with Crippen LogP contribution in [-0.2, 0) is 4.74 Å². The number of nitro benzene ring substituents is 1. The third-order valence-electron chi connectivity index (χ3n) is 3.26. The maximum absolute atomic E-state index is 11.8. The van der Waals surface area contributed by atoms with Crippen molar-refractivity contribution in [2.24, 2.45) is 0 Å². The molecule has 1 heterocycles. The molecular formula is C18H12N2O5S. The summed E-state index contributed by atoms with van der Waals surface area (Å²) in [6, 6.07) is 12.7. The Balaban J connectivity index is 1.44. The maximum Gasteiger partial charge on any atom is 0.339 e. The van der Waals surface area contributed by atoms with Crippen LogP contribution in [0.25, 0.3) is 11.1 Å². The summed E-state index contributed by atoms with van der Waals surface area (Å²) in [4.78, 5) is 26.1. The molecule has 0 saturated heterocycles. The predicted octanol–water partition coefficient (Wildman–Crippen LogP) is 3.69. The number of ether oxygens (including phenoxy) is 1. The predicted molar refractivity (Wildman–Crippen MR) is 95.9 cm³/mol. The molecule has 0 fully saturated rings. The van der Waals surface area contributed by atoms with E-state index in [-0.39, 0.29) is 17.9 Å². The minimum absolute atomic E-state index is 0.0655. The van der Waals surface area contributed by atoms with Crippen molar-refractivity contribution in [1.82, 2.24) is 4.98 Å². The van der Waals surface area contributed by atoms with Crippen molar-refractivity contribution >= 4 is 34.5 Å². The Hall–Kier alpha value is -3.31. The van der Waals surface area contributed by atoms with E-state index < -0.39 is 10.9 Å². The topological polar surface area (TPSA) is 95.5 Å². The summed E-state index contributed by atoms with van der Waals surface area (Å²) in [5, 5.41) is 11.1. The number of carbonyl (C=O) groups excluding carboxylic acids is 1. The molecule has 0 saturated carbocycles. The van der Waals surface area contributed by atoms with Crippen LogP contribution in [0, 0.1) is 22.0 Å². The first-order valence-corrected chi connectivity index (χ1v) is 8.48. The zero-order valence-electron chi connectivity index (χ0n) is 13.4. The highest BCUT2D eigenvalue weighted by molar-refractivity contribution is 7.99. The molecule has 26 heavy (non-hydrogen) atoms. The molecule has 7 nitrogen and oxygen atoms in total. The summed E-state index contributed by atoms with van der Waals surface area (Å²) >= 11 is 1.35. The summed E-state index contributed by atoms with van der Waals surface area (Å²) in [7, 11) is 0. The average Bonchev–Trinajstić information content (AvgIpc) is 3.07. The molecule has 1 aromatic heterocycles. The van der Waals surface area contributed by atoms with Gasteiger partial charge in [0.25, 0.3) is 10.9 Å². The summed E-state index contributed by atoms with van der Waals surface area (Å²) < 4.78 is 10.5. The molecule has 0 aliphatic carbocycles. The van der Waals surface area contributed by atoms with E-state index in [1.165, 1.54) is 36.0 Å². The van der Waals surface area contributed by atoms with Crippen molar-refractivity contribution in [3.8, 4) is 11.8 Å². The number of hydrogen-bond donors (Lipinski definition) is 0. The normalized spacial score (nSPS) is 10.2. The molecular weight excluding hydrogens is 356 g/mol. The van der Waals surface area contributed by atoms with Crippen LogP contribution in [0.15, 0.2) is 58.2 Å². The molecule has 0 radical (unpaired) electrons. The lowest BCUT2D eigenvalue weighted by Crippen LogP contribution is -2.05. The Bertz CT molecular complexity index is 969. The van der Waals surface area contributed by atoms with Gasteiger partial charge in [-0.1, -0.05) is 35.7 Å². The molecule has 0 unspecified atom stereocenters. The zero-order valence-corrected chi connectivity index (χ0v) is 14.2. The van der Waals surface area contributed by atoms with E-state index in [4.69, 9.17) is 9.15 Å². The monoisotopic (exact) mass is 368 g/mol. The fraction of sp³-hybridized carbons (Fsp3) is 0.111. The quantitative estimate of drug-likeness (QED) is 0.223. The number of fused-ring (bicyclic) bond motifs is 1. The lowest BCUT2D eigenvalue weighted by Gasteiger charge is -2.00. The Labute approximate surface area is 152 Å². The van der Waals surface area contributed by atoms with Gasteiger partial charge in [-0.05, 0) is 24.3 Å². The summed E-state index contributed by atoms with van der Waals surface area (Å²) in [6.07, 6.45) is 0. The highest BCUT2D eigenvalue weighted by Gasteiger charge is 2.10. The molecule has 0 N–H and O–H groups in total. The second-order valence-electron chi connectivity index (χ2n) is 4.97. The second kappa shape index (κ2) is 8.18. The minimum atomic E-state index is -0.583. The number of non-ortho nitro benzene ring substituents is 1. The number of oxazole rings is 1. The SMILES string of the molecule is O=C(OCC#CCSc1nc2ccccc2o1)c1ccc([N+](=O)[O-])cc1. The molecule has 130 valence electrons. The van der Waals surface area contributed by atoms with Gasteiger partial charge in [-0.3, -0.25) is 10.1 Å². The van der Waals surface area contributed by atoms with Gasteiger partial charge < -0.3 is 9.15 Å². The Morgan fingerprint density at radius 2 is 1.96 bits per heavy atom. The van der Waals surface area contributed by atoms with Crippen molar-refractivity contribution in [1.29, 1.82) is 0 Å². The fourth-order valence-electron chi connectivity index (χ4n) is 2.02. The summed E-state index contributed by atoms with van der Waals surface area (Å²) in [5.41, 5.74) is 1.66. The van der Waals surface area contributed by atoms with Crippen molar-refractivity contribution in [3.05, 3.63) is 64.2 Å². The van der Waals surface area contributed by atoms with Crippen molar-refractivity contribution in [2.75, 3.05) is 12.4 Å². The first-order valence-electron chi connectivity index (χ1n) is 7.49. The number of nitro groups is 1. The number of para-hydroxylation sites is 2. The molecule has 0 aliphatic heterocycles.